The highest BCUT2D eigenvalue weighted by Crippen LogP contribution is 2.41. The summed E-state index contributed by atoms with van der Waals surface area (Å²) in [7, 11) is -1.54. The van der Waals surface area contributed by atoms with E-state index in [0.29, 0.717) is 5.75 Å². The number of hydrogen-bond acceptors (Lipinski definition) is 13. The van der Waals surface area contributed by atoms with E-state index in [1.807, 2.05) is 0 Å². The molecule has 2 N–H and O–H groups in total. The molecule has 0 aliphatic heterocycles. The molecule has 0 fully saturated rings. The molecule has 0 atom stereocenters. The van der Waals surface area contributed by atoms with E-state index in [1.165, 1.54) is 44.8 Å². The van der Waals surface area contributed by atoms with E-state index < -0.39 is 35.0 Å². The summed E-state index contributed by atoms with van der Waals surface area (Å²) >= 11 is 0. The number of carbonyl (C=O) groups is 2. The monoisotopic (exact) mass is 595 g/mol. The molecule has 1 aromatic carbocycles. The number of rotatable bonds is 12. The number of methoxy groups -OCH3 is 2. The molecule has 0 bridgehead atoms. The normalized spacial score (nSPS) is 11.0. The van der Waals surface area contributed by atoms with Crippen molar-refractivity contribution in [3.05, 3.63) is 72.2 Å². The minimum Gasteiger partial charge on any atom is -0.493 e. The van der Waals surface area contributed by atoms with Gasteiger partial charge in [-0.05, 0) is 42.8 Å². The van der Waals surface area contributed by atoms with E-state index in [1.54, 1.807) is 37.3 Å². The molecule has 0 unspecified atom stereocenters. The van der Waals surface area contributed by atoms with Crippen molar-refractivity contribution in [1.29, 1.82) is 0 Å². The number of para-hydroxylation sites is 2. The van der Waals surface area contributed by atoms with Crippen LogP contribution in [-0.2, 0) is 19.6 Å². The first-order chi connectivity index (χ1) is 20.1. The van der Waals surface area contributed by atoms with Crippen LogP contribution in [0.2, 0.25) is 0 Å². The van der Waals surface area contributed by atoms with Crippen molar-refractivity contribution in [3.63, 3.8) is 0 Å². The number of aliphatic hydroxyl groups is 1. The number of ether oxygens (including phenoxy) is 4. The Balaban J connectivity index is 1.81. The number of aromatic nitrogens is 4. The van der Waals surface area contributed by atoms with Crippen molar-refractivity contribution in [1.82, 2.24) is 19.9 Å². The summed E-state index contributed by atoms with van der Waals surface area (Å²) in [6.07, 6.45) is 2.67. The topological polar surface area (TPSA) is 189 Å². The number of hydrogen-bond donors (Lipinski definition) is 2. The number of sulfonamides is 1. The van der Waals surface area contributed by atoms with Gasteiger partial charge in [-0.25, -0.2) is 19.7 Å². The lowest BCUT2D eigenvalue weighted by atomic mass is 10.2. The van der Waals surface area contributed by atoms with Gasteiger partial charge in [0.25, 0.3) is 15.9 Å². The molecule has 0 saturated carbocycles. The Morgan fingerprint density at radius 3 is 2.40 bits per heavy atom. The quantitative estimate of drug-likeness (QED) is 0.228. The summed E-state index contributed by atoms with van der Waals surface area (Å²) in [5.74, 6) is -1.79. The Morgan fingerprint density at radius 1 is 0.976 bits per heavy atom. The van der Waals surface area contributed by atoms with Crippen LogP contribution in [0.15, 0.2) is 66.0 Å². The molecule has 14 nitrogen and oxygen atoms in total. The lowest BCUT2D eigenvalue weighted by Gasteiger charge is -2.17. The Labute approximate surface area is 240 Å². The molecule has 3 heterocycles. The fourth-order valence-corrected chi connectivity index (χ4v) is 4.35. The number of esters is 1. The van der Waals surface area contributed by atoms with Crippen molar-refractivity contribution < 1.29 is 42.1 Å². The summed E-state index contributed by atoms with van der Waals surface area (Å²) < 4.78 is 50.7. The highest BCUT2D eigenvalue weighted by Gasteiger charge is 2.26. The van der Waals surface area contributed by atoms with Crippen LogP contribution in [0.3, 0.4) is 0 Å². The van der Waals surface area contributed by atoms with Gasteiger partial charge in [0.05, 0.1) is 14.2 Å². The zero-order chi connectivity index (χ0) is 30.3. The van der Waals surface area contributed by atoms with E-state index in [4.69, 9.17) is 24.1 Å². The van der Waals surface area contributed by atoms with Crippen LogP contribution >= 0.6 is 0 Å². The predicted octanol–water partition coefficient (Wildman–Crippen LogP) is 2.57. The molecule has 42 heavy (non-hydrogen) atoms. The third-order valence-electron chi connectivity index (χ3n) is 5.47. The molecule has 4 rings (SSSR count). The lowest BCUT2D eigenvalue weighted by Crippen LogP contribution is -2.17. The van der Waals surface area contributed by atoms with Gasteiger partial charge >= 0.3 is 5.97 Å². The lowest BCUT2D eigenvalue weighted by molar-refractivity contribution is -0.124. The van der Waals surface area contributed by atoms with Crippen LogP contribution in [0.25, 0.3) is 11.4 Å². The fraction of sp³-hybridized carbons (Fsp3) is 0.185. The van der Waals surface area contributed by atoms with Gasteiger partial charge in [0.2, 0.25) is 5.75 Å². The molecule has 218 valence electrons. The second kappa shape index (κ2) is 13.0. The number of nitrogens with one attached hydrogen (secondary N) is 1. The Bertz CT molecular complexity index is 1710. The largest absolute Gasteiger partial charge is 0.493 e. The molecule has 0 spiro atoms. The number of pyridine rings is 2. The van der Waals surface area contributed by atoms with E-state index >= 15 is 0 Å². The molecule has 15 heteroatoms. The van der Waals surface area contributed by atoms with E-state index in [-0.39, 0.29) is 45.3 Å². The summed E-state index contributed by atoms with van der Waals surface area (Å²) in [5, 5.41) is 8.57. The highest BCUT2D eigenvalue weighted by molar-refractivity contribution is 7.92. The second-order valence-electron chi connectivity index (χ2n) is 8.47. The third-order valence-corrected chi connectivity index (χ3v) is 6.72. The van der Waals surface area contributed by atoms with Crippen LogP contribution in [0.5, 0.6) is 23.1 Å². The van der Waals surface area contributed by atoms with Gasteiger partial charge in [-0.15, -0.1) is 0 Å². The first-order valence-corrected chi connectivity index (χ1v) is 13.6. The molecule has 0 aliphatic rings. The number of carbonyl (C=O) groups excluding carboxylic acids is 2. The predicted molar refractivity (Wildman–Crippen MR) is 147 cm³/mol. The number of Topliss-reactive ketones (excluding diaryl/α,β-unsaturated/α-hetero) is 1. The van der Waals surface area contributed by atoms with Crippen molar-refractivity contribution in [3.8, 4) is 34.5 Å². The number of aliphatic hydroxyl groups excluding tert-OH is 1. The third kappa shape index (κ3) is 6.94. The molecule has 0 amide bonds. The number of ketones is 1. The smallest absolute Gasteiger partial charge is 0.357 e. The standard InChI is InChI=1S/C27H25N5O9S/c1-16-8-9-22(29-13-16)42(36,37)32-25-23(41-21-7-5-4-6-20(21)38-2)26(39-3)31-24(30-25)17-10-11-28-19(12-17)27(35)40-15-18(34)14-33/h4-13,33H,14-15H2,1-3H3,(H,30,31,32). The van der Waals surface area contributed by atoms with Crippen molar-refractivity contribution in [2.75, 3.05) is 32.2 Å². The number of anilines is 1. The maximum Gasteiger partial charge on any atom is 0.357 e. The second-order valence-corrected chi connectivity index (χ2v) is 10.1. The minimum atomic E-state index is -4.28. The first-order valence-electron chi connectivity index (χ1n) is 12.1. The van der Waals surface area contributed by atoms with Crippen LogP contribution in [0, 0.1) is 6.92 Å². The van der Waals surface area contributed by atoms with Gasteiger partial charge < -0.3 is 24.1 Å². The molecule has 0 radical (unpaired) electrons. The van der Waals surface area contributed by atoms with Crippen LogP contribution in [-0.4, -0.2) is 72.6 Å². The molecule has 4 aromatic rings. The average molecular weight is 596 g/mol. The molecule has 0 saturated heterocycles. The van der Waals surface area contributed by atoms with Gasteiger partial charge in [-0.2, -0.15) is 13.4 Å². The first kappa shape index (κ1) is 29.8. The highest BCUT2D eigenvalue weighted by atomic mass is 32.2. The fourth-order valence-electron chi connectivity index (χ4n) is 3.41. The molecular weight excluding hydrogens is 570 g/mol. The van der Waals surface area contributed by atoms with Crippen LogP contribution in [0.4, 0.5) is 5.82 Å². The summed E-state index contributed by atoms with van der Waals surface area (Å²) in [6.45, 7) is 0.342. The maximum absolute atomic E-state index is 13.3. The number of aryl methyl sites for hydroxylation is 1. The van der Waals surface area contributed by atoms with E-state index in [0.717, 1.165) is 5.56 Å². The molecular formula is C27H25N5O9S. The molecule has 3 aromatic heterocycles. The van der Waals surface area contributed by atoms with Crippen molar-refractivity contribution in [2.24, 2.45) is 0 Å². The van der Waals surface area contributed by atoms with Crippen molar-refractivity contribution >= 4 is 27.6 Å². The van der Waals surface area contributed by atoms with Gasteiger partial charge in [-0.3, -0.25) is 9.52 Å². The zero-order valence-electron chi connectivity index (χ0n) is 22.6. The SMILES string of the molecule is COc1ccccc1Oc1c(NS(=O)(=O)c2ccc(C)cn2)nc(-c2ccnc(C(=O)OCC(=O)CO)c2)nc1OC. The minimum absolute atomic E-state index is 0.0725. The molecule has 0 aliphatic carbocycles. The van der Waals surface area contributed by atoms with E-state index in [2.05, 4.69) is 24.7 Å². The average Bonchev–Trinajstić information content (AvgIpc) is 3.00. The summed E-state index contributed by atoms with van der Waals surface area (Å²) in [6, 6.07) is 12.3. The summed E-state index contributed by atoms with van der Waals surface area (Å²) in [5.41, 5.74) is 0.788. The van der Waals surface area contributed by atoms with Crippen LogP contribution < -0.4 is 18.9 Å². The van der Waals surface area contributed by atoms with Crippen LogP contribution in [0.1, 0.15) is 16.1 Å². The Hall–Kier alpha value is -5.15. The number of benzene rings is 1. The van der Waals surface area contributed by atoms with E-state index in [9.17, 15) is 18.0 Å². The van der Waals surface area contributed by atoms with Gasteiger partial charge in [0, 0.05) is 18.0 Å². The van der Waals surface area contributed by atoms with Crippen molar-refractivity contribution in [2.45, 2.75) is 11.9 Å². The Morgan fingerprint density at radius 2 is 1.74 bits per heavy atom. The van der Waals surface area contributed by atoms with Gasteiger partial charge in [0.1, 0.15) is 12.3 Å². The zero-order valence-corrected chi connectivity index (χ0v) is 23.4. The summed E-state index contributed by atoms with van der Waals surface area (Å²) in [4.78, 5) is 40.4. The maximum atomic E-state index is 13.3. The van der Waals surface area contributed by atoms with Gasteiger partial charge in [-0.1, -0.05) is 18.2 Å². The number of nitrogens with zero attached hydrogens (tertiary/aromatic N) is 4. The Kier molecular flexibility index (Phi) is 9.24. The van der Waals surface area contributed by atoms with Gasteiger partial charge in [0.15, 0.2) is 40.6 Å².